The Morgan fingerprint density at radius 2 is 1.65 bits per heavy atom. The zero-order valence-corrected chi connectivity index (χ0v) is 20.4. The van der Waals surface area contributed by atoms with E-state index in [1.165, 1.54) is 43.4 Å². The van der Waals surface area contributed by atoms with Crippen LogP contribution in [0.2, 0.25) is 5.02 Å². The molecule has 0 fully saturated rings. The van der Waals surface area contributed by atoms with Gasteiger partial charge in [0.25, 0.3) is 10.0 Å². The van der Waals surface area contributed by atoms with Crippen LogP contribution in [-0.4, -0.2) is 47.0 Å². The van der Waals surface area contributed by atoms with Crippen LogP contribution in [0, 0.1) is 5.82 Å². The Kier molecular flexibility index (Phi) is 8.01. The summed E-state index contributed by atoms with van der Waals surface area (Å²) in [6, 6.07) is 16.4. The van der Waals surface area contributed by atoms with Crippen LogP contribution < -0.4 is 13.8 Å². The molecule has 0 saturated carbocycles. The third kappa shape index (κ3) is 5.60. The van der Waals surface area contributed by atoms with Gasteiger partial charge in [0.05, 0.1) is 29.8 Å². The molecule has 0 atom stereocenters. The predicted octanol–water partition coefficient (Wildman–Crippen LogP) is 4.35. The van der Waals surface area contributed by atoms with Gasteiger partial charge in [-0.25, -0.2) is 12.8 Å². The Morgan fingerprint density at radius 3 is 2.26 bits per heavy atom. The first-order chi connectivity index (χ1) is 16.2. The molecule has 0 N–H and O–H groups in total. The summed E-state index contributed by atoms with van der Waals surface area (Å²) >= 11 is 5.90. The number of likely N-dealkylation sites (N-methyl/N-ethyl adjacent to an activating group) is 1. The molecule has 0 aliphatic rings. The van der Waals surface area contributed by atoms with Crippen LogP contribution in [-0.2, 0) is 21.4 Å². The average molecular weight is 507 g/mol. The van der Waals surface area contributed by atoms with Gasteiger partial charge in [-0.15, -0.1) is 0 Å². The molecule has 0 saturated heterocycles. The molecule has 0 radical (unpaired) electrons. The topological polar surface area (TPSA) is 76.2 Å². The van der Waals surface area contributed by atoms with Gasteiger partial charge in [0, 0.05) is 13.6 Å². The van der Waals surface area contributed by atoms with E-state index in [1.54, 1.807) is 43.4 Å². The maximum absolute atomic E-state index is 13.7. The van der Waals surface area contributed by atoms with Gasteiger partial charge >= 0.3 is 0 Å². The molecule has 0 aliphatic carbocycles. The lowest BCUT2D eigenvalue weighted by atomic mass is 10.2. The Balaban J connectivity index is 1.90. The summed E-state index contributed by atoms with van der Waals surface area (Å²) in [6.45, 7) is -0.314. The number of hydrogen-bond donors (Lipinski definition) is 0. The molecule has 3 aromatic carbocycles. The lowest BCUT2D eigenvalue weighted by Crippen LogP contribution is -2.41. The minimum Gasteiger partial charge on any atom is -0.493 e. The maximum Gasteiger partial charge on any atom is 0.264 e. The van der Waals surface area contributed by atoms with Gasteiger partial charge in [0.15, 0.2) is 11.5 Å². The number of sulfonamides is 1. The van der Waals surface area contributed by atoms with Crippen molar-refractivity contribution in [2.75, 3.05) is 32.1 Å². The van der Waals surface area contributed by atoms with Crippen LogP contribution >= 0.6 is 11.6 Å². The van der Waals surface area contributed by atoms with Crippen molar-refractivity contribution in [3.63, 3.8) is 0 Å². The molecule has 180 valence electrons. The summed E-state index contributed by atoms with van der Waals surface area (Å²) in [5, 5.41) is -0.253. The maximum atomic E-state index is 13.7. The molecular weight excluding hydrogens is 483 g/mol. The number of benzene rings is 3. The minimum atomic E-state index is -4.14. The monoisotopic (exact) mass is 506 g/mol. The Morgan fingerprint density at radius 1 is 0.971 bits per heavy atom. The van der Waals surface area contributed by atoms with Crippen LogP contribution in [0.5, 0.6) is 11.5 Å². The van der Waals surface area contributed by atoms with Gasteiger partial charge in [0.2, 0.25) is 5.91 Å². The molecule has 0 aliphatic heterocycles. The number of carbonyl (C=O) groups excluding carboxylic acids is 1. The number of carbonyl (C=O) groups is 1. The van der Waals surface area contributed by atoms with Gasteiger partial charge in [-0.2, -0.15) is 0 Å². The van der Waals surface area contributed by atoms with Crippen LogP contribution in [0.4, 0.5) is 10.1 Å². The highest BCUT2D eigenvalue weighted by molar-refractivity contribution is 7.92. The molecule has 0 spiro atoms. The van der Waals surface area contributed by atoms with Crippen molar-refractivity contribution in [2.45, 2.75) is 11.4 Å². The first kappa shape index (κ1) is 25.3. The quantitative estimate of drug-likeness (QED) is 0.431. The van der Waals surface area contributed by atoms with E-state index < -0.39 is 28.3 Å². The largest absolute Gasteiger partial charge is 0.493 e. The van der Waals surface area contributed by atoms with Gasteiger partial charge in [-0.3, -0.25) is 9.10 Å². The summed E-state index contributed by atoms with van der Waals surface area (Å²) in [5.41, 5.74) is 0.832. The lowest BCUT2D eigenvalue weighted by Gasteiger charge is -2.27. The average Bonchev–Trinajstić information content (AvgIpc) is 2.84. The van der Waals surface area contributed by atoms with Crippen LogP contribution in [0.1, 0.15) is 5.56 Å². The van der Waals surface area contributed by atoms with Crippen LogP contribution in [0.25, 0.3) is 0 Å². The third-order valence-corrected chi connectivity index (χ3v) is 7.17. The second-order valence-corrected chi connectivity index (χ2v) is 9.63. The molecule has 7 nitrogen and oxygen atoms in total. The summed E-state index contributed by atoms with van der Waals surface area (Å²) in [6.07, 6.45) is 0. The zero-order chi connectivity index (χ0) is 24.9. The number of nitrogens with zero attached hydrogens (tertiary/aromatic N) is 2. The zero-order valence-electron chi connectivity index (χ0n) is 18.9. The normalized spacial score (nSPS) is 11.1. The lowest BCUT2D eigenvalue weighted by molar-refractivity contribution is -0.128. The van der Waals surface area contributed by atoms with E-state index in [0.717, 1.165) is 15.9 Å². The smallest absolute Gasteiger partial charge is 0.264 e. The number of hydrogen-bond acceptors (Lipinski definition) is 5. The molecular formula is C24H24ClFN2O5S. The van der Waals surface area contributed by atoms with Crippen molar-refractivity contribution < 1.29 is 27.1 Å². The Bertz CT molecular complexity index is 1270. The fourth-order valence-corrected chi connectivity index (χ4v) is 4.86. The third-order valence-electron chi connectivity index (χ3n) is 5.09. The van der Waals surface area contributed by atoms with Gasteiger partial charge < -0.3 is 14.4 Å². The van der Waals surface area contributed by atoms with Crippen molar-refractivity contribution in [1.82, 2.24) is 4.90 Å². The van der Waals surface area contributed by atoms with Gasteiger partial charge in [-0.1, -0.05) is 35.9 Å². The number of amides is 1. The Labute approximate surface area is 203 Å². The molecule has 10 heteroatoms. The second kappa shape index (κ2) is 10.8. The molecule has 3 aromatic rings. The number of anilines is 1. The summed E-state index contributed by atoms with van der Waals surface area (Å²) < 4.78 is 52.0. The van der Waals surface area contributed by atoms with Crippen LogP contribution in [0.15, 0.2) is 71.6 Å². The van der Waals surface area contributed by atoms with Crippen LogP contribution in [0.3, 0.4) is 0 Å². The SMILES string of the molecule is COc1ccc(CN(C)C(=O)CN(c2ccc(F)c(Cl)c2)S(=O)(=O)c2ccccc2)cc1OC. The van der Waals surface area contributed by atoms with Crippen molar-refractivity contribution >= 4 is 33.2 Å². The molecule has 1 amide bonds. The van der Waals surface area contributed by atoms with E-state index in [2.05, 4.69) is 0 Å². The van der Waals surface area contributed by atoms with Crippen molar-refractivity contribution in [1.29, 1.82) is 0 Å². The molecule has 0 bridgehead atoms. The number of halogens is 2. The van der Waals surface area contributed by atoms with E-state index in [1.807, 2.05) is 0 Å². The molecule has 34 heavy (non-hydrogen) atoms. The molecule has 3 rings (SSSR count). The minimum absolute atomic E-state index is 0.00853. The highest BCUT2D eigenvalue weighted by atomic mass is 35.5. The van der Waals surface area contributed by atoms with E-state index in [9.17, 15) is 17.6 Å². The number of ether oxygens (including phenoxy) is 2. The second-order valence-electron chi connectivity index (χ2n) is 7.36. The molecule has 0 heterocycles. The standard InChI is InChI=1S/C24H24ClFN2O5S/c1-27(15-17-9-12-22(32-2)23(13-17)33-3)24(29)16-28(18-10-11-21(26)20(25)14-18)34(30,31)19-7-5-4-6-8-19/h4-14H,15-16H2,1-3H3. The summed E-state index contributed by atoms with van der Waals surface area (Å²) in [5.74, 6) is -0.113. The first-order valence-corrected chi connectivity index (χ1v) is 12.0. The highest BCUT2D eigenvalue weighted by Gasteiger charge is 2.29. The summed E-state index contributed by atoms with van der Waals surface area (Å²) in [7, 11) is 0.458. The fourth-order valence-electron chi connectivity index (χ4n) is 3.26. The molecule has 0 aromatic heterocycles. The van der Waals surface area contributed by atoms with E-state index in [4.69, 9.17) is 21.1 Å². The summed E-state index contributed by atoms with van der Waals surface area (Å²) in [4.78, 5) is 14.5. The number of methoxy groups -OCH3 is 2. The number of rotatable bonds is 9. The highest BCUT2D eigenvalue weighted by Crippen LogP contribution is 2.29. The van der Waals surface area contributed by atoms with E-state index in [0.29, 0.717) is 11.5 Å². The predicted molar refractivity (Wildman–Crippen MR) is 128 cm³/mol. The Hall–Kier alpha value is -3.30. The van der Waals surface area contributed by atoms with Crippen molar-refractivity contribution in [2.24, 2.45) is 0 Å². The van der Waals surface area contributed by atoms with Crippen molar-refractivity contribution in [3.05, 3.63) is 83.1 Å². The van der Waals surface area contributed by atoms with E-state index >= 15 is 0 Å². The van der Waals surface area contributed by atoms with Gasteiger partial charge in [0.1, 0.15) is 12.4 Å². The van der Waals surface area contributed by atoms with Gasteiger partial charge in [-0.05, 0) is 48.0 Å². The fraction of sp³-hybridized carbons (Fsp3) is 0.208. The molecule has 0 unspecified atom stereocenters. The van der Waals surface area contributed by atoms with Crippen molar-refractivity contribution in [3.8, 4) is 11.5 Å². The first-order valence-electron chi connectivity index (χ1n) is 10.1. The van der Waals surface area contributed by atoms with E-state index in [-0.39, 0.29) is 22.2 Å².